The maximum atomic E-state index is 11.6. The number of carbonyl (C=O) groups excluding carboxylic acids is 1. The Kier molecular flexibility index (Phi) is 4.77. The molecular formula is C16H16N4O2S. The summed E-state index contributed by atoms with van der Waals surface area (Å²) in [4.78, 5) is 11.6. The SMILES string of the molecule is CCOC(=O)CSc1nnc(-c2ccccc2)n1-n1cccc1. The van der Waals surface area contributed by atoms with Gasteiger partial charge in [0.1, 0.15) is 0 Å². The number of esters is 1. The highest BCUT2D eigenvalue weighted by Crippen LogP contribution is 2.24. The van der Waals surface area contributed by atoms with Crippen LogP contribution in [-0.2, 0) is 9.53 Å². The summed E-state index contributed by atoms with van der Waals surface area (Å²) in [6, 6.07) is 13.7. The van der Waals surface area contributed by atoms with Crippen LogP contribution in [0.2, 0.25) is 0 Å². The minimum Gasteiger partial charge on any atom is -0.465 e. The first kappa shape index (κ1) is 15.4. The van der Waals surface area contributed by atoms with Crippen molar-refractivity contribution in [2.45, 2.75) is 12.1 Å². The molecule has 0 amide bonds. The Hall–Kier alpha value is -2.54. The summed E-state index contributed by atoms with van der Waals surface area (Å²) >= 11 is 1.30. The Labute approximate surface area is 138 Å². The Morgan fingerprint density at radius 1 is 1.13 bits per heavy atom. The first-order chi connectivity index (χ1) is 11.3. The zero-order valence-corrected chi connectivity index (χ0v) is 13.4. The van der Waals surface area contributed by atoms with Gasteiger partial charge in [-0.25, -0.2) is 4.68 Å². The van der Waals surface area contributed by atoms with Crippen LogP contribution in [0.25, 0.3) is 11.4 Å². The van der Waals surface area contributed by atoms with Crippen LogP contribution in [0.1, 0.15) is 6.92 Å². The number of ether oxygens (including phenoxy) is 1. The summed E-state index contributed by atoms with van der Waals surface area (Å²) in [6.45, 7) is 2.16. The number of hydrogen-bond donors (Lipinski definition) is 0. The topological polar surface area (TPSA) is 61.9 Å². The molecule has 7 heteroatoms. The molecule has 2 aromatic heterocycles. The molecule has 3 rings (SSSR count). The molecule has 118 valence electrons. The van der Waals surface area contributed by atoms with Crippen molar-refractivity contribution in [3.63, 3.8) is 0 Å². The van der Waals surface area contributed by atoms with Crippen LogP contribution in [0.3, 0.4) is 0 Å². The summed E-state index contributed by atoms with van der Waals surface area (Å²) in [6.07, 6.45) is 3.81. The average Bonchev–Trinajstić information content (AvgIpc) is 3.23. The number of nitrogens with zero attached hydrogens (tertiary/aromatic N) is 4. The van der Waals surface area contributed by atoms with E-state index in [0.29, 0.717) is 17.6 Å². The Morgan fingerprint density at radius 3 is 2.57 bits per heavy atom. The molecule has 0 saturated carbocycles. The molecule has 23 heavy (non-hydrogen) atoms. The van der Waals surface area contributed by atoms with Gasteiger partial charge in [0, 0.05) is 18.0 Å². The van der Waals surface area contributed by atoms with Crippen molar-refractivity contribution < 1.29 is 9.53 Å². The molecule has 0 bridgehead atoms. The molecule has 1 aromatic carbocycles. The molecule has 0 unspecified atom stereocenters. The van der Waals surface area contributed by atoms with E-state index in [1.54, 1.807) is 6.92 Å². The summed E-state index contributed by atoms with van der Waals surface area (Å²) in [5, 5.41) is 9.15. The number of carbonyl (C=O) groups is 1. The fourth-order valence-corrected chi connectivity index (χ4v) is 2.85. The van der Waals surface area contributed by atoms with Gasteiger partial charge in [0.15, 0.2) is 5.82 Å². The third-order valence-electron chi connectivity index (χ3n) is 3.09. The number of aromatic nitrogens is 4. The van der Waals surface area contributed by atoms with E-state index in [9.17, 15) is 4.79 Å². The Morgan fingerprint density at radius 2 is 1.87 bits per heavy atom. The van der Waals surface area contributed by atoms with Crippen molar-refractivity contribution >= 4 is 17.7 Å². The minimum absolute atomic E-state index is 0.196. The van der Waals surface area contributed by atoms with E-state index in [-0.39, 0.29) is 11.7 Å². The molecule has 2 heterocycles. The predicted octanol–water partition coefficient (Wildman–Crippen LogP) is 2.71. The smallest absolute Gasteiger partial charge is 0.316 e. The van der Waals surface area contributed by atoms with Crippen LogP contribution in [0, 0.1) is 0 Å². The van der Waals surface area contributed by atoms with Crippen LogP contribution in [-0.4, -0.2) is 37.9 Å². The molecule has 0 spiro atoms. The highest BCUT2D eigenvalue weighted by Gasteiger charge is 2.16. The average molecular weight is 328 g/mol. The van der Waals surface area contributed by atoms with Gasteiger partial charge in [-0.3, -0.25) is 9.47 Å². The fourth-order valence-electron chi connectivity index (χ4n) is 2.12. The zero-order chi connectivity index (χ0) is 16.1. The number of thioether (sulfide) groups is 1. The van der Waals surface area contributed by atoms with Gasteiger partial charge in [0.05, 0.1) is 12.4 Å². The second kappa shape index (κ2) is 7.15. The Balaban J connectivity index is 1.94. The third kappa shape index (κ3) is 3.45. The quantitative estimate of drug-likeness (QED) is 0.514. The second-order valence-corrected chi connectivity index (χ2v) is 5.58. The van der Waals surface area contributed by atoms with Gasteiger partial charge >= 0.3 is 5.97 Å². The maximum absolute atomic E-state index is 11.6. The lowest BCUT2D eigenvalue weighted by Crippen LogP contribution is -2.12. The molecule has 6 nitrogen and oxygen atoms in total. The maximum Gasteiger partial charge on any atom is 0.316 e. The molecule has 0 aliphatic carbocycles. The minimum atomic E-state index is -0.263. The fraction of sp³-hybridized carbons (Fsp3) is 0.188. The summed E-state index contributed by atoms with van der Waals surface area (Å²) in [5.74, 6) is 0.649. The van der Waals surface area contributed by atoms with E-state index in [2.05, 4.69) is 10.2 Å². The van der Waals surface area contributed by atoms with E-state index in [0.717, 1.165) is 5.56 Å². The summed E-state index contributed by atoms with van der Waals surface area (Å²) in [5.41, 5.74) is 0.955. The Bertz CT molecular complexity index is 769. The van der Waals surface area contributed by atoms with Crippen molar-refractivity contribution in [3.8, 4) is 11.4 Å². The molecule has 0 atom stereocenters. The highest BCUT2D eigenvalue weighted by molar-refractivity contribution is 7.99. The van der Waals surface area contributed by atoms with Crippen LogP contribution >= 0.6 is 11.8 Å². The van der Waals surface area contributed by atoms with Crippen LogP contribution in [0.15, 0.2) is 60.0 Å². The first-order valence-electron chi connectivity index (χ1n) is 7.22. The van der Waals surface area contributed by atoms with Gasteiger partial charge in [0.25, 0.3) is 0 Å². The molecule has 0 fully saturated rings. The van der Waals surface area contributed by atoms with E-state index in [1.165, 1.54) is 11.8 Å². The van der Waals surface area contributed by atoms with Crippen LogP contribution in [0.4, 0.5) is 0 Å². The van der Waals surface area contributed by atoms with Crippen molar-refractivity contribution in [3.05, 3.63) is 54.9 Å². The van der Waals surface area contributed by atoms with E-state index >= 15 is 0 Å². The first-order valence-corrected chi connectivity index (χ1v) is 8.21. The van der Waals surface area contributed by atoms with Crippen molar-refractivity contribution in [1.29, 1.82) is 0 Å². The van der Waals surface area contributed by atoms with Crippen molar-refractivity contribution in [1.82, 2.24) is 19.5 Å². The van der Waals surface area contributed by atoms with Gasteiger partial charge in [0.2, 0.25) is 5.16 Å². The summed E-state index contributed by atoms with van der Waals surface area (Å²) in [7, 11) is 0. The molecule has 0 radical (unpaired) electrons. The largest absolute Gasteiger partial charge is 0.465 e. The van der Waals surface area contributed by atoms with Crippen LogP contribution < -0.4 is 0 Å². The van der Waals surface area contributed by atoms with Crippen molar-refractivity contribution in [2.24, 2.45) is 0 Å². The summed E-state index contributed by atoms with van der Waals surface area (Å²) < 4.78 is 8.72. The zero-order valence-electron chi connectivity index (χ0n) is 12.6. The second-order valence-electron chi connectivity index (χ2n) is 4.64. The normalized spacial score (nSPS) is 10.7. The molecule has 0 saturated heterocycles. The van der Waals surface area contributed by atoms with Gasteiger partial charge in [-0.2, -0.15) is 0 Å². The van der Waals surface area contributed by atoms with E-state index in [4.69, 9.17) is 4.74 Å². The van der Waals surface area contributed by atoms with Crippen molar-refractivity contribution in [2.75, 3.05) is 12.4 Å². The monoisotopic (exact) mass is 328 g/mol. The molecule has 3 aromatic rings. The number of benzene rings is 1. The predicted molar refractivity (Wildman–Crippen MR) is 88.0 cm³/mol. The molecule has 0 N–H and O–H groups in total. The van der Waals surface area contributed by atoms with Gasteiger partial charge in [-0.05, 0) is 19.1 Å². The number of hydrogen-bond acceptors (Lipinski definition) is 5. The lowest BCUT2D eigenvalue weighted by atomic mass is 10.2. The molecule has 0 aliphatic rings. The van der Waals surface area contributed by atoms with Gasteiger partial charge in [-0.1, -0.05) is 42.1 Å². The molecule has 0 aliphatic heterocycles. The lowest BCUT2D eigenvalue weighted by molar-refractivity contribution is -0.139. The van der Waals surface area contributed by atoms with Gasteiger partial charge < -0.3 is 4.74 Å². The van der Waals surface area contributed by atoms with E-state index < -0.39 is 0 Å². The van der Waals surface area contributed by atoms with Crippen LogP contribution in [0.5, 0.6) is 0 Å². The lowest BCUT2D eigenvalue weighted by Gasteiger charge is -2.11. The highest BCUT2D eigenvalue weighted by atomic mass is 32.2. The van der Waals surface area contributed by atoms with E-state index in [1.807, 2.05) is 64.2 Å². The standard InChI is InChI=1S/C16H16N4O2S/c1-2-22-14(21)12-23-16-18-17-15(13-8-4-3-5-9-13)20(16)19-10-6-7-11-19/h3-11H,2,12H2,1H3. The third-order valence-corrected chi connectivity index (χ3v) is 3.98. The molecular weight excluding hydrogens is 312 g/mol. The number of rotatable bonds is 6. The van der Waals surface area contributed by atoms with Gasteiger partial charge in [-0.15, -0.1) is 10.2 Å².